The van der Waals surface area contributed by atoms with E-state index in [2.05, 4.69) is 32.6 Å². The fourth-order valence-electron chi connectivity index (χ4n) is 1.10. The molecule has 0 aromatic carbocycles. The molecule has 12 heavy (non-hydrogen) atoms. The Morgan fingerprint density at radius 3 is 2.00 bits per heavy atom. The van der Waals surface area contributed by atoms with Gasteiger partial charge in [0.05, 0.1) is 0 Å². The Kier molecular flexibility index (Phi) is 5.51. The van der Waals surface area contributed by atoms with Crippen molar-refractivity contribution in [2.75, 3.05) is 26.2 Å². The summed E-state index contributed by atoms with van der Waals surface area (Å²) in [5, 5.41) is 0. The van der Waals surface area contributed by atoms with E-state index >= 15 is 0 Å². The third-order valence-electron chi connectivity index (χ3n) is 2.55. The van der Waals surface area contributed by atoms with Crippen LogP contribution in [0.15, 0.2) is 0 Å². The van der Waals surface area contributed by atoms with Gasteiger partial charge in [-0.1, -0.05) is 27.7 Å². The van der Waals surface area contributed by atoms with Crippen LogP contribution in [0.3, 0.4) is 0 Å². The molecule has 0 saturated heterocycles. The highest BCUT2D eigenvalue weighted by Crippen LogP contribution is 2.18. The molecular weight excluding hydrogens is 148 g/mol. The van der Waals surface area contributed by atoms with Crippen LogP contribution in [0.25, 0.3) is 0 Å². The van der Waals surface area contributed by atoms with Gasteiger partial charge < -0.3 is 10.6 Å². The van der Waals surface area contributed by atoms with Crippen LogP contribution in [0.4, 0.5) is 0 Å². The topological polar surface area (TPSA) is 29.3 Å². The predicted octanol–water partition coefficient (Wildman–Crippen LogP) is 1.70. The van der Waals surface area contributed by atoms with Crippen molar-refractivity contribution < 1.29 is 0 Å². The monoisotopic (exact) mass is 172 g/mol. The van der Waals surface area contributed by atoms with E-state index in [1.54, 1.807) is 0 Å². The largest absolute Gasteiger partial charge is 0.330 e. The Morgan fingerprint density at radius 2 is 1.67 bits per heavy atom. The minimum atomic E-state index is 0.308. The van der Waals surface area contributed by atoms with Gasteiger partial charge in [-0.3, -0.25) is 0 Å². The standard InChI is InChI=1S/C10H24N2/c1-5-12(6-2)8-7-10(3,4)9-11/h5-9,11H2,1-4H3. The molecule has 0 aromatic heterocycles. The molecule has 0 aliphatic carbocycles. The van der Waals surface area contributed by atoms with E-state index in [-0.39, 0.29) is 0 Å². The van der Waals surface area contributed by atoms with Crippen LogP contribution in [0.1, 0.15) is 34.1 Å². The molecule has 0 saturated carbocycles. The fourth-order valence-corrected chi connectivity index (χ4v) is 1.10. The van der Waals surface area contributed by atoms with Crippen molar-refractivity contribution in [2.24, 2.45) is 11.1 Å². The number of nitrogens with zero attached hydrogens (tertiary/aromatic N) is 1. The summed E-state index contributed by atoms with van der Waals surface area (Å²) in [4.78, 5) is 2.44. The molecule has 2 N–H and O–H groups in total. The predicted molar refractivity (Wildman–Crippen MR) is 55.2 cm³/mol. The Morgan fingerprint density at radius 1 is 1.17 bits per heavy atom. The van der Waals surface area contributed by atoms with E-state index in [1.807, 2.05) is 0 Å². The molecule has 2 heteroatoms. The molecule has 2 nitrogen and oxygen atoms in total. The van der Waals surface area contributed by atoms with Gasteiger partial charge in [0.25, 0.3) is 0 Å². The second kappa shape index (κ2) is 5.55. The Labute approximate surface area is 77.1 Å². The molecule has 0 unspecified atom stereocenters. The lowest BCUT2D eigenvalue weighted by Crippen LogP contribution is -2.31. The third kappa shape index (κ3) is 4.73. The van der Waals surface area contributed by atoms with Crippen molar-refractivity contribution in [2.45, 2.75) is 34.1 Å². The summed E-state index contributed by atoms with van der Waals surface area (Å²) in [5.41, 5.74) is 5.97. The summed E-state index contributed by atoms with van der Waals surface area (Å²) in [6, 6.07) is 0. The Bertz CT molecular complexity index is 106. The highest BCUT2D eigenvalue weighted by molar-refractivity contribution is 4.70. The summed E-state index contributed by atoms with van der Waals surface area (Å²) in [5.74, 6) is 0. The van der Waals surface area contributed by atoms with Crippen LogP contribution in [0.5, 0.6) is 0 Å². The quantitative estimate of drug-likeness (QED) is 0.661. The molecule has 0 fully saturated rings. The lowest BCUT2D eigenvalue weighted by atomic mass is 9.89. The maximum Gasteiger partial charge on any atom is -0.00134 e. The number of rotatable bonds is 6. The van der Waals surface area contributed by atoms with Crippen LogP contribution in [-0.2, 0) is 0 Å². The average Bonchev–Trinajstić information content (AvgIpc) is 2.06. The molecule has 0 aromatic rings. The van der Waals surface area contributed by atoms with Crippen molar-refractivity contribution in [1.29, 1.82) is 0 Å². The zero-order chi connectivity index (χ0) is 9.61. The highest BCUT2D eigenvalue weighted by atomic mass is 15.1. The van der Waals surface area contributed by atoms with Crippen LogP contribution >= 0.6 is 0 Å². The van der Waals surface area contributed by atoms with E-state index in [0.29, 0.717) is 5.41 Å². The minimum absolute atomic E-state index is 0.308. The summed E-state index contributed by atoms with van der Waals surface area (Å²) in [7, 11) is 0. The fraction of sp³-hybridized carbons (Fsp3) is 1.00. The van der Waals surface area contributed by atoms with Crippen molar-refractivity contribution >= 4 is 0 Å². The van der Waals surface area contributed by atoms with Gasteiger partial charge in [-0.25, -0.2) is 0 Å². The first-order chi connectivity index (χ1) is 5.55. The van der Waals surface area contributed by atoms with Crippen molar-refractivity contribution in [3.8, 4) is 0 Å². The van der Waals surface area contributed by atoms with Gasteiger partial charge in [-0.15, -0.1) is 0 Å². The van der Waals surface area contributed by atoms with Gasteiger partial charge in [-0.05, 0) is 38.0 Å². The summed E-state index contributed by atoms with van der Waals surface area (Å²) in [6.07, 6.45) is 1.20. The van der Waals surface area contributed by atoms with Crippen LogP contribution in [0, 0.1) is 5.41 Å². The normalized spacial score (nSPS) is 12.5. The Hall–Kier alpha value is -0.0800. The zero-order valence-electron chi connectivity index (χ0n) is 9.06. The van der Waals surface area contributed by atoms with Gasteiger partial charge in [0.15, 0.2) is 0 Å². The number of nitrogens with two attached hydrogens (primary N) is 1. The lowest BCUT2D eigenvalue weighted by molar-refractivity contribution is 0.237. The summed E-state index contributed by atoms with van der Waals surface area (Å²) < 4.78 is 0. The van der Waals surface area contributed by atoms with Crippen molar-refractivity contribution in [3.05, 3.63) is 0 Å². The molecule has 0 bridgehead atoms. The maximum absolute atomic E-state index is 5.66. The average molecular weight is 172 g/mol. The first-order valence-electron chi connectivity index (χ1n) is 4.98. The van der Waals surface area contributed by atoms with E-state index in [4.69, 9.17) is 5.73 Å². The smallest absolute Gasteiger partial charge is 0.00134 e. The number of hydrogen-bond acceptors (Lipinski definition) is 2. The molecular formula is C10H24N2. The van der Waals surface area contributed by atoms with Gasteiger partial charge >= 0.3 is 0 Å². The lowest BCUT2D eigenvalue weighted by Gasteiger charge is -2.26. The third-order valence-corrected chi connectivity index (χ3v) is 2.55. The zero-order valence-corrected chi connectivity index (χ0v) is 9.06. The molecule has 0 aliphatic rings. The highest BCUT2D eigenvalue weighted by Gasteiger charge is 2.15. The first kappa shape index (κ1) is 11.9. The summed E-state index contributed by atoms with van der Waals surface area (Å²) >= 11 is 0. The van der Waals surface area contributed by atoms with Crippen LogP contribution in [0.2, 0.25) is 0 Å². The van der Waals surface area contributed by atoms with E-state index in [1.165, 1.54) is 13.0 Å². The van der Waals surface area contributed by atoms with Crippen molar-refractivity contribution in [1.82, 2.24) is 4.90 Å². The van der Waals surface area contributed by atoms with E-state index < -0.39 is 0 Å². The number of hydrogen-bond donors (Lipinski definition) is 1. The molecule has 74 valence electrons. The second-order valence-corrected chi connectivity index (χ2v) is 4.15. The minimum Gasteiger partial charge on any atom is -0.330 e. The van der Waals surface area contributed by atoms with Gasteiger partial charge in [0.2, 0.25) is 0 Å². The van der Waals surface area contributed by atoms with E-state index in [0.717, 1.165) is 19.6 Å². The molecule has 0 amide bonds. The maximum atomic E-state index is 5.66. The molecule has 0 heterocycles. The Balaban J connectivity index is 3.65. The molecule has 0 spiro atoms. The van der Waals surface area contributed by atoms with Gasteiger partial charge in [-0.2, -0.15) is 0 Å². The SMILES string of the molecule is CCN(CC)CCC(C)(C)CN. The van der Waals surface area contributed by atoms with Gasteiger partial charge in [0, 0.05) is 0 Å². The summed E-state index contributed by atoms with van der Waals surface area (Å²) in [6.45, 7) is 13.1. The molecule has 0 rings (SSSR count). The molecule has 0 atom stereocenters. The first-order valence-corrected chi connectivity index (χ1v) is 4.98. The van der Waals surface area contributed by atoms with E-state index in [9.17, 15) is 0 Å². The molecule has 0 radical (unpaired) electrons. The van der Waals surface area contributed by atoms with Crippen LogP contribution < -0.4 is 5.73 Å². The molecule has 0 aliphatic heterocycles. The van der Waals surface area contributed by atoms with Crippen LogP contribution in [-0.4, -0.2) is 31.1 Å². The van der Waals surface area contributed by atoms with Gasteiger partial charge in [0.1, 0.15) is 0 Å². The second-order valence-electron chi connectivity index (χ2n) is 4.15. The van der Waals surface area contributed by atoms with Crippen molar-refractivity contribution in [3.63, 3.8) is 0 Å².